The molecule has 1 aromatic carbocycles. The molecule has 1 N–H and O–H groups in total. The third kappa shape index (κ3) is 5.59. The fourth-order valence-electron chi connectivity index (χ4n) is 1.46. The fraction of sp³-hybridized carbons (Fsp3) is 0.429. The molecule has 0 aliphatic carbocycles. The highest BCUT2D eigenvalue weighted by molar-refractivity contribution is 6.29. The van der Waals surface area contributed by atoms with Crippen LogP contribution in [0.1, 0.15) is 26.3 Å². The summed E-state index contributed by atoms with van der Waals surface area (Å²) in [6.07, 6.45) is 0. The van der Waals surface area contributed by atoms with Crippen LogP contribution in [-0.4, -0.2) is 17.1 Å². The van der Waals surface area contributed by atoms with E-state index in [0.717, 1.165) is 5.56 Å². The molecule has 20 heavy (non-hydrogen) atoms. The summed E-state index contributed by atoms with van der Waals surface area (Å²) < 4.78 is 5.33. The summed E-state index contributed by atoms with van der Waals surface area (Å²) in [4.78, 5) is 10.5. The first-order chi connectivity index (χ1) is 9.19. The van der Waals surface area contributed by atoms with E-state index in [0.29, 0.717) is 6.54 Å². The van der Waals surface area contributed by atoms with Gasteiger partial charge in [-0.1, -0.05) is 24.2 Å². The van der Waals surface area contributed by atoms with E-state index in [9.17, 15) is 10.1 Å². The Balaban J connectivity index is 2.92. The predicted octanol–water partition coefficient (Wildman–Crippen LogP) is 3.61. The van der Waals surface area contributed by atoms with Crippen LogP contribution in [-0.2, 0) is 6.54 Å². The highest BCUT2D eigenvalue weighted by Crippen LogP contribution is 2.28. The summed E-state index contributed by atoms with van der Waals surface area (Å²) in [7, 11) is 0. The first kappa shape index (κ1) is 16.5. The Kier molecular flexibility index (Phi) is 5.53. The number of nitrogens with zero attached hydrogens (tertiary/aromatic N) is 1. The molecule has 1 aromatic rings. The van der Waals surface area contributed by atoms with Crippen molar-refractivity contribution in [2.45, 2.75) is 32.9 Å². The minimum Gasteiger partial charge on any atom is -0.481 e. The van der Waals surface area contributed by atoms with Crippen molar-refractivity contribution < 1.29 is 9.66 Å². The number of hydrogen-bond acceptors (Lipinski definition) is 4. The highest BCUT2D eigenvalue weighted by Gasteiger charge is 2.16. The zero-order valence-corrected chi connectivity index (χ0v) is 12.7. The first-order valence-corrected chi connectivity index (χ1v) is 6.55. The molecule has 0 saturated carbocycles. The predicted molar refractivity (Wildman–Crippen MR) is 80.2 cm³/mol. The molecular formula is C14H19ClN2O3. The van der Waals surface area contributed by atoms with Crippen molar-refractivity contribution in [1.82, 2.24) is 5.32 Å². The number of ether oxygens (including phenoxy) is 1. The van der Waals surface area contributed by atoms with Gasteiger partial charge in [0.2, 0.25) is 0 Å². The number of benzene rings is 1. The smallest absolute Gasteiger partial charge is 0.310 e. The van der Waals surface area contributed by atoms with Gasteiger partial charge in [-0.25, -0.2) is 0 Å². The number of nitro groups is 1. The molecule has 5 nitrogen and oxygen atoms in total. The molecule has 0 amide bonds. The van der Waals surface area contributed by atoms with Crippen molar-refractivity contribution in [3.8, 4) is 5.75 Å². The van der Waals surface area contributed by atoms with Crippen LogP contribution >= 0.6 is 11.6 Å². The molecule has 0 aromatic heterocycles. The zero-order valence-electron chi connectivity index (χ0n) is 11.9. The van der Waals surface area contributed by atoms with Gasteiger partial charge in [0.15, 0.2) is 5.75 Å². The Morgan fingerprint density at radius 2 is 2.15 bits per heavy atom. The van der Waals surface area contributed by atoms with E-state index < -0.39 is 4.92 Å². The first-order valence-electron chi connectivity index (χ1n) is 6.17. The Morgan fingerprint density at radius 1 is 1.50 bits per heavy atom. The molecule has 1 rings (SSSR count). The average Bonchev–Trinajstić information content (AvgIpc) is 2.32. The Morgan fingerprint density at radius 3 is 2.65 bits per heavy atom. The summed E-state index contributed by atoms with van der Waals surface area (Å²) in [5.74, 6) is 0.199. The molecule has 0 bridgehead atoms. The van der Waals surface area contributed by atoms with Gasteiger partial charge in [0.1, 0.15) is 6.61 Å². The number of halogens is 1. The lowest BCUT2D eigenvalue weighted by Crippen LogP contribution is -2.35. The van der Waals surface area contributed by atoms with Crippen LogP contribution in [0.4, 0.5) is 5.69 Å². The van der Waals surface area contributed by atoms with Gasteiger partial charge >= 0.3 is 5.69 Å². The lowest BCUT2D eigenvalue weighted by atomic mass is 10.1. The average molecular weight is 299 g/mol. The topological polar surface area (TPSA) is 64.4 Å². The quantitative estimate of drug-likeness (QED) is 0.643. The van der Waals surface area contributed by atoms with Crippen molar-refractivity contribution in [2.75, 3.05) is 6.61 Å². The van der Waals surface area contributed by atoms with Gasteiger partial charge in [-0.15, -0.1) is 0 Å². The minimum absolute atomic E-state index is 0.0345. The Hall–Kier alpha value is -1.59. The number of hydrogen-bond donors (Lipinski definition) is 1. The van der Waals surface area contributed by atoms with Crippen LogP contribution in [0, 0.1) is 10.1 Å². The van der Waals surface area contributed by atoms with Crippen molar-refractivity contribution in [2.24, 2.45) is 0 Å². The third-order valence-corrected chi connectivity index (χ3v) is 2.54. The van der Waals surface area contributed by atoms with E-state index in [4.69, 9.17) is 16.3 Å². The van der Waals surface area contributed by atoms with Gasteiger partial charge in [0, 0.05) is 23.2 Å². The molecule has 0 unspecified atom stereocenters. The maximum absolute atomic E-state index is 10.9. The van der Waals surface area contributed by atoms with Crippen molar-refractivity contribution >= 4 is 17.3 Å². The molecule has 0 heterocycles. The van der Waals surface area contributed by atoms with Gasteiger partial charge in [0.25, 0.3) is 0 Å². The number of nitro benzene ring substituents is 1. The normalized spacial score (nSPS) is 11.2. The van der Waals surface area contributed by atoms with E-state index in [-0.39, 0.29) is 28.6 Å². The second-order valence-electron chi connectivity index (χ2n) is 5.47. The standard InChI is InChI=1S/C14H19ClN2O3/c1-10(15)9-20-13-7-11(8-16-14(2,3)4)5-6-12(13)17(18)19/h5-7,16H,1,8-9H2,2-4H3. The third-order valence-electron chi connectivity index (χ3n) is 2.43. The van der Waals surface area contributed by atoms with Crippen LogP contribution in [0.5, 0.6) is 5.75 Å². The van der Waals surface area contributed by atoms with Gasteiger partial charge < -0.3 is 10.1 Å². The number of rotatable bonds is 6. The van der Waals surface area contributed by atoms with Crippen molar-refractivity contribution in [1.29, 1.82) is 0 Å². The van der Waals surface area contributed by atoms with Crippen molar-refractivity contribution in [3.63, 3.8) is 0 Å². The van der Waals surface area contributed by atoms with E-state index in [1.807, 2.05) is 20.8 Å². The van der Waals surface area contributed by atoms with Gasteiger partial charge in [-0.05, 0) is 32.4 Å². The molecule has 0 aliphatic rings. The molecule has 0 radical (unpaired) electrons. The SMILES string of the molecule is C=C(Cl)COc1cc(CNC(C)(C)C)ccc1[N+](=O)[O-]. The van der Waals surface area contributed by atoms with Crippen LogP contribution in [0.3, 0.4) is 0 Å². The Labute approximate surface area is 123 Å². The summed E-state index contributed by atoms with van der Waals surface area (Å²) in [5, 5.41) is 14.5. The van der Waals surface area contributed by atoms with E-state index in [1.165, 1.54) is 6.07 Å². The van der Waals surface area contributed by atoms with E-state index >= 15 is 0 Å². The minimum atomic E-state index is -0.479. The van der Waals surface area contributed by atoms with Crippen LogP contribution in [0.15, 0.2) is 29.8 Å². The molecule has 0 spiro atoms. The molecule has 6 heteroatoms. The molecule has 0 saturated heterocycles. The molecule has 0 fully saturated rings. The second kappa shape index (κ2) is 6.72. The summed E-state index contributed by atoms with van der Waals surface area (Å²) in [5.41, 5.74) is 0.788. The second-order valence-corrected chi connectivity index (χ2v) is 6.00. The zero-order chi connectivity index (χ0) is 15.3. The van der Waals surface area contributed by atoms with Crippen molar-refractivity contribution in [3.05, 3.63) is 45.5 Å². The largest absolute Gasteiger partial charge is 0.481 e. The van der Waals surface area contributed by atoms with Crippen LogP contribution in [0.2, 0.25) is 0 Å². The summed E-state index contributed by atoms with van der Waals surface area (Å²) >= 11 is 5.62. The lowest BCUT2D eigenvalue weighted by Gasteiger charge is -2.20. The van der Waals surface area contributed by atoms with Crippen LogP contribution in [0.25, 0.3) is 0 Å². The molecular weight excluding hydrogens is 280 g/mol. The molecule has 0 atom stereocenters. The number of nitrogens with one attached hydrogen (secondary N) is 1. The molecule has 0 aliphatic heterocycles. The maximum atomic E-state index is 10.9. The highest BCUT2D eigenvalue weighted by atomic mass is 35.5. The Bertz CT molecular complexity index is 510. The van der Waals surface area contributed by atoms with Crippen LogP contribution < -0.4 is 10.1 Å². The molecule has 110 valence electrons. The summed E-state index contributed by atoms with van der Waals surface area (Å²) in [6.45, 7) is 10.3. The van der Waals surface area contributed by atoms with Gasteiger partial charge in [-0.3, -0.25) is 10.1 Å². The van der Waals surface area contributed by atoms with Gasteiger partial charge in [0.05, 0.1) is 4.92 Å². The van der Waals surface area contributed by atoms with E-state index in [2.05, 4.69) is 11.9 Å². The lowest BCUT2D eigenvalue weighted by molar-refractivity contribution is -0.385. The monoisotopic (exact) mass is 298 g/mol. The van der Waals surface area contributed by atoms with E-state index in [1.54, 1.807) is 12.1 Å². The van der Waals surface area contributed by atoms with Gasteiger partial charge in [-0.2, -0.15) is 0 Å². The summed E-state index contributed by atoms with van der Waals surface area (Å²) in [6, 6.07) is 4.79. The maximum Gasteiger partial charge on any atom is 0.310 e. The fourth-order valence-corrected chi connectivity index (χ4v) is 1.51.